The van der Waals surface area contributed by atoms with E-state index in [2.05, 4.69) is 39.9 Å². The number of carbonyl (C=O) groups excluding carboxylic acids is 1. The molecule has 132 valence electrons. The second-order valence-electron chi connectivity index (χ2n) is 7.83. The molecule has 5 heteroatoms. The van der Waals surface area contributed by atoms with Crippen molar-refractivity contribution in [3.8, 4) is 0 Å². The van der Waals surface area contributed by atoms with Gasteiger partial charge in [-0.2, -0.15) is 0 Å². The molecule has 1 aromatic rings. The van der Waals surface area contributed by atoms with E-state index in [4.69, 9.17) is 0 Å². The van der Waals surface area contributed by atoms with Gasteiger partial charge in [0.05, 0.1) is 12.2 Å². The fourth-order valence-corrected chi connectivity index (χ4v) is 4.19. The lowest BCUT2D eigenvalue weighted by Gasteiger charge is -2.40. The van der Waals surface area contributed by atoms with Crippen molar-refractivity contribution in [2.75, 3.05) is 46.8 Å². The standard InChI is InChI=1S/C19H30N4O/c1-16-6-4-7-17(20-16)12-23-11-9-19(15-23)8-5-10-22(14-19)13-18(24)21(2)3/h4,6-7H,5,8-15H2,1-3H3/t19-/m0/s1. The number of nitrogens with zero attached hydrogens (tertiary/aromatic N) is 4. The number of likely N-dealkylation sites (tertiary alicyclic amines) is 2. The molecule has 1 atom stereocenters. The molecular weight excluding hydrogens is 300 g/mol. The molecule has 0 bridgehead atoms. The monoisotopic (exact) mass is 330 g/mol. The molecule has 0 aromatic carbocycles. The number of amides is 1. The molecule has 5 nitrogen and oxygen atoms in total. The highest BCUT2D eigenvalue weighted by atomic mass is 16.2. The molecule has 24 heavy (non-hydrogen) atoms. The van der Waals surface area contributed by atoms with Gasteiger partial charge in [-0.15, -0.1) is 0 Å². The molecule has 0 N–H and O–H groups in total. The number of piperidine rings is 1. The van der Waals surface area contributed by atoms with Crippen molar-refractivity contribution in [1.82, 2.24) is 19.7 Å². The SMILES string of the molecule is Cc1cccc(CN2CC[C@]3(CCCN(CC(=O)N(C)C)C3)C2)n1. The summed E-state index contributed by atoms with van der Waals surface area (Å²) in [5.74, 6) is 0.214. The van der Waals surface area contributed by atoms with Crippen LogP contribution in [-0.4, -0.2) is 72.4 Å². The third-order valence-electron chi connectivity index (χ3n) is 5.45. The number of hydrogen-bond donors (Lipinski definition) is 0. The van der Waals surface area contributed by atoms with Gasteiger partial charge in [-0.3, -0.25) is 19.6 Å². The molecule has 2 saturated heterocycles. The molecule has 1 spiro atoms. The first-order valence-corrected chi connectivity index (χ1v) is 9.03. The highest BCUT2D eigenvalue weighted by molar-refractivity contribution is 5.77. The summed E-state index contributed by atoms with van der Waals surface area (Å²) in [6.45, 7) is 7.95. The van der Waals surface area contributed by atoms with E-state index >= 15 is 0 Å². The van der Waals surface area contributed by atoms with Crippen LogP contribution < -0.4 is 0 Å². The van der Waals surface area contributed by atoms with Crippen LogP contribution in [0.1, 0.15) is 30.7 Å². The molecular formula is C19H30N4O. The molecule has 0 aliphatic carbocycles. The molecule has 0 radical (unpaired) electrons. The minimum absolute atomic E-state index is 0.214. The first-order valence-electron chi connectivity index (χ1n) is 9.03. The second-order valence-corrected chi connectivity index (χ2v) is 7.83. The third-order valence-corrected chi connectivity index (χ3v) is 5.45. The smallest absolute Gasteiger partial charge is 0.236 e. The lowest BCUT2D eigenvalue weighted by Crippen LogP contribution is -2.48. The minimum Gasteiger partial charge on any atom is -0.348 e. The predicted molar refractivity (Wildman–Crippen MR) is 95.7 cm³/mol. The highest BCUT2D eigenvalue weighted by Crippen LogP contribution is 2.39. The van der Waals surface area contributed by atoms with Crippen LogP contribution >= 0.6 is 0 Å². The van der Waals surface area contributed by atoms with Gasteiger partial charge >= 0.3 is 0 Å². The normalized spacial score (nSPS) is 25.3. The Morgan fingerprint density at radius 3 is 2.75 bits per heavy atom. The topological polar surface area (TPSA) is 39.7 Å². The van der Waals surface area contributed by atoms with Crippen molar-refractivity contribution in [2.45, 2.75) is 32.7 Å². The van der Waals surface area contributed by atoms with Gasteiger partial charge in [-0.1, -0.05) is 6.07 Å². The van der Waals surface area contributed by atoms with E-state index < -0.39 is 0 Å². The number of aryl methyl sites for hydroxylation is 1. The zero-order chi connectivity index (χ0) is 17.2. The molecule has 1 amide bonds. The lowest BCUT2D eigenvalue weighted by atomic mass is 9.79. The van der Waals surface area contributed by atoms with Gasteiger partial charge in [0.2, 0.25) is 5.91 Å². The Hall–Kier alpha value is -1.46. The molecule has 3 rings (SSSR count). The van der Waals surface area contributed by atoms with E-state index in [1.54, 1.807) is 4.90 Å². The van der Waals surface area contributed by atoms with Crippen molar-refractivity contribution in [2.24, 2.45) is 5.41 Å². The van der Waals surface area contributed by atoms with Gasteiger partial charge in [0.25, 0.3) is 0 Å². The fourth-order valence-electron chi connectivity index (χ4n) is 4.19. The Bertz CT molecular complexity index is 588. The third kappa shape index (κ3) is 4.14. The van der Waals surface area contributed by atoms with Crippen LogP contribution in [0.15, 0.2) is 18.2 Å². The Kier molecular flexibility index (Phi) is 5.21. The summed E-state index contributed by atoms with van der Waals surface area (Å²) in [6.07, 6.45) is 3.74. The van der Waals surface area contributed by atoms with Gasteiger partial charge in [0.15, 0.2) is 0 Å². The predicted octanol–water partition coefficient (Wildman–Crippen LogP) is 1.77. The quantitative estimate of drug-likeness (QED) is 0.843. The van der Waals surface area contributed by atoms with Crippen molar-refractivity contribution in [3.63, 3.8) is 0 Å². The summed E-state index contributed by atoms with van der Waals surface area (Å²) < 4.78 is 0. The number of likely N-dealkylation sites (N-methyl/N-ethyl adjacent to an activating group) is 1. The Labute approximate surface area is 145 Å². The molecule has 0 unspecified atom stereocenters. The molecule has 1 aromatic heterocycles. The molecule has 2 aliphatic rings. The average molecular weight is 330 g/mol. The molecule has 2 aliphatic heterocycles. The molecule has 2 fully saturated rings. The summed E-state index contributed by atoms with van der Waals surface area (Å²) >= 11 is 0. The van der Waals surface area contributed by atoms with Crippen LogP contribution in [0.25, 0.3) is 0 Å². The minimum atomic E-state index is 0.214. The van der Waals surface area contributed by atoms with E-state index in [1.165, 1.54) is 25.0 Å². The number of carbonyl (C=O) groups is 1. The van der Waals surface area contributed by atoms with Crippen LogP contribution in [0.5, 0.6) is 0 Å². The maximum absolute atomic E-state index is 12.0. The lowest BCUT2D eigenvalue weighted by molar-refractivity contribution is -0.130. The Morgan fingerprint density at radius 1 is 1.21 bits per heavy atom. The summed E-state index contributed by atoms with van der Waals surface area (Å²) in [6, 6.07) is 6.27. The maximum Gasteiger partial charge on any atom is 0.236 e. The van der Waals surface area contributed by atoms with Crippen molar-refractivity contribution in [1.29, 1.82) is 0 Å². The van der Waals surface area contributed by atoms with Crippen LogP contribution in [-0.2, 0) is 11.3 Å². The van der Waals surface area contributed by atoms with E-state index in [0.717, 1.165) is 38.4 Å². The van der Waals surface area contributed by atoms with Gasteiger partial charge < -0.3 is 4.90 Å². The van der Waals surface area contributed by atoms with E-state index in [0.29, 0.717) is 12.0 Å². The van der Waals surface area contributed by atoms with Crippen LogP contribution in [0.4, 0.5) is 0 Å². The first-order chi connectivity index (χ1) is 11.5. The van der Waals surface area contributed by atoms with Gasteiger partial charge in [0.1, 0.15) is 0 Å². The average Bonchev–Trinajstić information content (AvgIpc) is 2.89. The highest BCUT2D eigenvalue weighted by Gasteiger charge is 2.41. The summed E-state index contributed by atoms with van der Waals surface area (Å²) in [5.41, 5.74) is 2.63. The summed E-state index contributed by atoms with van der Waals surface area (Å²) in [7, 11) is 3.68. The number of pyridine rings is 1. The number of hydrogen-bond acceptors (Lipinski definition) is 4. The van der Waals surface area contributed by atoms with Crippen LogP contribution in [0.2, 0.25) is 0 Å². The van der Waals surface area contributed by atoms with Gasteiger partial charge in [-0.25, -0.2) is 0 Å². The van der Waals surface area contributed by atoms with Crippen molar-refractivity contribution >= 4 is 5.91 Å². The van der Waals surface area contributed by atoms with E-state index in [-0.39, 0.29) is 5.91 Å². The summed E-state index contributed by atoms with van der Waals surface area (Å²) in [4.78, 5) is 23.3. The van der Waals surface area contributed by atoms with Crippen LogP contribution in [0.3, 0.4) is 0 Å². The maximum atomic E-state index is 12.0. The largest absolute Gasteiger partial charge is 0.348 e. The second kappa shape index (κ2) is 7.19. The summed E-state index contributed by atoms with van der Waals surface area (Å²) in [5, 5.41) is 0. The Morgan fingerprint density at radius 2 is 2.00 bits per heavy atom. The molecule has 0 saturated carbocycles. The van der Waals surface area contributed by atoms with Crippen molar-refractivity contribution < 1.29 is 4.79 Å². The van der Waals surface area contributed by atoms with E-state index in [9.17, 15) is 4.79 Å². The Balaban J connectivity index is 1.58. The zero-order valence-electron chi connectivity index (χ0n) is 15.3. The fraction of sp³-hybridized carbons (Fsp3) is 0.684. The number of rotatable bonds is 4. The number of aromatic nitrogens is 1. The first kappa shape index (κ1) is 17.4. The van der Waals surface area contributed by atoms with E-state index in [1.807, 2.05) is 14.1 Å². The molecule has 3 heterocycles. The van der Waals surface area contributed by atoms with Crippen LogP contribution in [0, 0.1) is 12.3 Å². The van der Waals surface area contributed by atoms with Gasteiger partial charge in [-0.05, 0) is 56.8 Å². The van der Waals surface area contributed by atoms with Crippen molar-refractivity contribution in [3.05, 3.63) is 29.6 Å². The van der Waals surface area contributed by atoms with Gasteiger partial charge in [0, 0.05) is 39.4 Å². The zero-order valence-corrected chi connectivity index (χ0v) is 15.3.